The van der Waals surface area contributed by atoms with Crippen LogP contribution in [0.4, 0.5) is 26.3 Å². The second-order valence-electron chi connectivity index (χ2n) is 16.7. The summed E-state index contributed by atoms with van der Waals surface area (Å²) in [7, 11) is 2.29. The zero-order valence-corrected chi connectivity index (χ0v) is 37.7. The molecule has 0 aliphatic carbocycles. The first-order valence-corrected chi connectivity index (χ1v) is 22.1. The monoisotopic (exact) mass is 980 g/mol. The van der Waals surface area contributed by atoms with E-state index in [9.17, 15) is 40.7 Å². The van der Waals surface area contributed by atoms with E-state index in [0.29, 0.717) is 84.8 Å². The Morgan fingerprint density at radius 3 is 1.56 bits per heavy atom. The van der Waals surface area contributed by atoms with Crippen LogP contribution in [-0.4, -0.2) is 77.4 Å². The fraction of sp³-hybridized carbons (Fsp3) is 0.286. The van der Waals surface area contributed by atoms with Crippen LogP contribution < -0.4 is 18.9 Å². The Hall–Kier alpha value is -6.59. The Morgan fingerprint density at radius 2 is 1.09 bits per heavy atom. The van der Waals surface area contributed by atoms with E-state index >= 15 is 0 Å². The number of fused-ring (bicyclic) bond motifs is 8. The van der Waals surface area contributed by atoms with Crippen molar-refractivity contribution in [1.82, 2.24) is 18.9 Å². The van der Waals surface area contributed by atoms with Gasteiger partial charge in [0.1, 0.15) is 23.0 Å². The number of rotatable bonds is 5. The van der Waals surface area contributed by atoms with Gasteiger partial charge in [-0.15, -0.1) is 0 Å². The predicted octanol–water partition coefficient (Wildman–Crippen LogP) is 11.2. The third-order valence-corrected chi connectivity index (χ3v) is 13.4. The van der Waals surface area contributed by atoms with E-state index in [1.165, 1.54) is 6.07 Å². The highest BCUT2D eigenvalue weighted by Crippen LogP contribution is 2.48. The Bertz CT molecular complexity index is 2950. The zero-order valence-electron chi connectivity index (χ0n) is 36.2. The van der Waals surface area contributed by atoms with Gasteiger partial charge in [-0.3, -0.25) is 14.4 Å². The number of aldehydes is 1. The molecule has 0 bridgehead atoms. The summed E-state index contributed by atoms with van der Waals surface area (Å²) < 4.78 is 106. The van der Waals surface area contributed by atoms with Crippen LogP contribution in [0.1, 0.15) is 79.4 Å². The van der Waals surface area contributed by atoms with E-state index in [1.54, 1.807) is 40.1 Å². The summed E-state index contributed by atoms with van der Waals surface area (Å²) in [5.41, 5.74) is 0.906. The van der Waals surface area contributed by atoms with Gasteiger partial charge < -0.3 is 37.9 Å². The molecule has 68 heavy (non-hydrogen) atoms. The first kappa shape index (κ1) is 46.5. The summed E-state index contributed by atoms with van der Waals surface area (Å²) in [5, 5.41) is 1.06. The van der Waals surface area contributed by atoms with Crippen LogP contribution in [0.2, 0.25) is 10.0 Å². The lowest BCUT2D eigenvalue weighted by molar-refractivity contribution is -0.139. The largest absolute Gasteiger partial charge is 0.496 e. The second kappa shape index (κ2) is 17.5. The molecule has 0 radical (unpaired) electrons. The first-order chi connectivity index (χ1) is 32.4. The molecule has 11 nitrogen and oxygen atoms in total. The fourth-order valence-electron chi connectivity index (χ4n) is 9.52. The molecule has 2 amide bonds. The fourth-order valence-corrected chi connectivity index (χ4v) is 9.84. The van der Waals surface area contributed by atoms with Gasteiger partial charge in [-0.25, -0.2) is 0 Å². The van der Waals surface area contributed by atoms with Crippen LogP contribution in [0.3, 0.4) is 0 Å². The molecule has 10 rings (SSSR count). The van der Waals surface area contributed by atoms with E-state index in [2.05, 4.69) is 4.57 Å². The van der Waals surface area contributed by atoms with Gasteiger partial charge in [0.05, 0.1) is 53.8 Å². The summed E-state index contributed by atoms with van der Waals surface area (Å²) in [5.74, 6) is -0.291. The normalized spacial score (nSPS) is 16.5. The third kappa shape index (κ3) is 8.29. The van der Waals surface area contributed by atoms with Crippen molar-refractivity contribution >= 4 is 41.3 Å². The highest BCUT2D eigenvalue weighted by Gasteiger charge is 2.47. The van der Waals surface area contributed by atoms with Crippen molar-refractivity contribution < 1.29 is 59.7 Å². The van der Waals surface area contributed by atoms with Crippen molar-refractivity contribution in [3.63, 3.8) is 0 Å². The van der Waals surface area contributed by atoms with Crippen molar-refractivity contribution in [2.24, 2.45) is 0 Å². The van der Waals surface area contributed by atoms with Crippen LogP contribution >= 0.6 is 23.2 Å². The molecule has 2 aromatic heterocycles. The molecule has 2 fully saturated rings. The number of methoxy groups -OCH3 is 2. The van der Waals surface area contributed by atoms with Gasteiger partial charge in [0, 0.05) is 91.4 Å². The number of hydrogen-bond donors (Lipinski definition) is 0. The number of amides is 2. The van der Waals surface area contributed by atoms with Crippen molar-refractivity contribution in [3.8, 4) is 34.4 Å². The smallest absolute Gasteiger partial charge is 0.419 e. The van der Waals surface area contributed by atoms with Crippen LogP contribution in [0.15, 0.2) is 103 Å². The topological polar surface area (TPSA) is 104 Å². The lowest BCUT2D eigenvalue weighted by Crippen LogP contribution is -2.50. The Kier molecular flexibility index (Phi) is 12.0. The van der Waals surface area contributed by atoms with Crippen molar-refractivity contribution in [2.75, 3.05) is 40.4 Å². The minimum atomic E-state index is -4.59. The maximum atomic E-state index is 13.2. The molecule has 6 aromatic rings. The maximum Gasteiger partial charge on any atom is 0.419 e. The number of hydrogen-bond acceptors (Lipinski definition) is 7. The summed E-state index contributed by atoms with van der Waals surface area (Å²) in [6, 6.07) is 24.6. The Labute approximate surface area is 395 Å². The lowest BCUT2D eigenvalue weighted by Gasteiger charge is -2.45. The second-order valence-corrected chi connectivity index (χ2v) is 17.6. The highest BCUT2D eigenvalue weighted by atomic mass is 35.5. The molecule has 6 heterocycles. The summed E-state index contributed by atoms with van der Waals surface area (Å²) in [4.78, 5) is 41.1. The van der Waals surface area contributed by atoms with Crippen LogP contribution in [0, 0.1) is 0 Å². The molecule has 0 atom stereocenters. The van der Waals surface area contributed by atoms with Gasteiger partial charge in [-0.1, -0.05) is 23.2 Å². The number of benzene rings is 4. The number of likely N-dealkylation sites (tertiary alicyclic amines) is 2. The Balaban J connectivity index is 0.000000170. The standard InChI is InChI=1S/C25H20ClF3N2O4.C24H20ClF3N2O3/c1-34-20-12-15(2-5-18(20)25(27,28)29)23(33)30-10-8-24(9-11-30)22-7-4-17(14-32)31(22)19-6-3-16(26)13-21(19)35-24;1-32-19-13-15(4-6-17(19)24(26,27)28)22(31)29-11-8-23(9-12-29)21-3-2-10-30(21)18-7-5-16(25)14-20(18)33-23/h2-7,12-14H,8-11H2,1H3;2-7,10,13-14H,8-9,11-12H2,1H3. The predicted molar refractivity (Wildman–Crippen MR) is 238 cm³/mol. The van der Waals surface area contributed by atoms with E-state index < -0.39 is 46.3 Å². The van der Waals surface area contributed by atoms with Crippen molar-refractivity contribution in [1.29, 1.82) is 0 Å². The quantitative estimate of drug-likeness (QED) is 0.125. The summed E-state index contributed by atoms with van der Waals surface area (Å²) in [6.45, 7) is 1.39. The molecule has 0 saturated carbocycles. The first-order valence-electron chi connectivity index (χ1n) is 21.3. The van der Waals surface area contributed by atoms with Crippen LogP contribution in [-0.2, 0) is 23.6 Å². The van der Waals surface area contributed by atoms with E-state index in [-0.39, 0.29) is 22.8 Å². The van der Waals surface area contributed by atoms with Gasteiger partial charge in [-0.2, -0.15) is 26.3 Å². The maximum absolute atomic E-state index is 13.2. The summed E-state index contributed by atoms with van der Waals surface area (Å²) in [6.07, 6.45) is -4.49. The molecule has 19 heteroatoms. The summed E-state index contributed by atoms with van der Waals surface area (Å²) >= 11 is 12.4. The third-order valence-electron chi connectivity index (χ3n) is 12.9. The van der Waals surface area contributed by atoms with Crippen molar-refractivity contribution in [3.05, 3.63) is 153 Å². The number of carbonyl (C=O) groups excluding carboxylic acids is 3. The number of halogens is 8. The van der Waals surface area contributed by atoms with E-state index in [4.69, 9.17) is 42.1 Å². The molecule has 4 aromatic carbocycles. The minimum Gasteiger partial charge on any atom is -0.496 e. The average molecular weight is 982 g/mol. The highest BCUT2D eigenvalue weighted by molar-refractivity contribution is 6.31. The van der Waals surface area contributed by atoms with Crippen LogP contribution in [0.25, 0.3) is 11.4 Å². The molecule has 0 unspecified atom stereocenters. The number of ether oxygens (including phenoxy) is 4. The molecular formula is C49H40Cl2F6N4O7. The number of aromatic nitrogens is 2. The molecule has 2 spiro atoms. The number of alkyl halides is 6. The van der Waals surface area contributed by atoms with Gasteiger partial charge in [0.2, 0.25) is 0 Å². The number of piperidine rings is 2. The van der Waals surface area contributed by atoms with Gasteiger partial charge in [-0.05, 0) is 84.9 Å². The molecule has 4 aliphatic heterocycles. The van der Waals surface area contributed by atoms with Gasteiger partial charge >= 0.3 is 12.4 Å². The minimum absolute atomic E-state index is 0.110. The van der Waals surface area contributed by atoms with Crippen LogP contribution in [0.5, 0.6) is 23.0 Å². The number of carbonyl (C=O) groups is 3. The molecule has 0 N–H and O–H groups in total. The van der Waals surface area contributed by atoms with E-state index in [1.807, 2.05) is 41.1 Å². The van der Waals surface area contributed by atoms with E-state index in [0.717, 1.165) is 67.9 Å². The van der Waals surface area contributed by atoms with Crippen molar-refractivity contribution in [2.45, 2.75) is 49.2 Å². The number of nitrogens with zero attached hydrogens (tertiary/aromatic N) is 4. The molecule has 2 saturated heterocycles. The lowest BCUT2D eigenvalue weighted by atomic mass is 9.86. The Morgan fingerprint density at radius 1 is 0.618 bits per heavy atom. The van der Waals surface area contributed by atoms with Gasteiger partial charge in [0.25, 0.3) is 11.8 Å². The average Bonchev–Trinajstić information content (AvgIpc) is 4.01. The molecular weight excluding hydrogens is 941 g/mol. The molecule has 4 aliphatic rings. The van der Waals surface area contributed by atoms with Gasteiger partial charge in [0.15, 0.2) is 17.5 Å². The zero-order chi connectivity index (χ0) is 48.3. The SMILES string of the molecule is COc1cc(C(=O)N2CCC3(CC2)Oc2cc(Cl)ccc2-n2c(C=O)ccc23)ccc1C(F)(F)F.COc1cc(C(=O)N2CCC3(CC2)Oc2cc(Cl)ccc2-n2cccc23)ccc1C(F)(F)F. The molecule has 354 valence electrons.